The van der Waals surface area contributed by atoms with Gasteiger partial charge in [0.25, 0.3) is 0 Å². The van der Waals surface area contributed by atoms with E-state index in [4.69, 9.17) is 0 Å². The zero-order valence-electron chi connectivity index (χ0n) is 9.70. The SMILES string of the molecule is FC(F)(F)c1nc(-c2cncs2)sc1CNC1CC1. The first-order chi connectivity index (χ1) is 9.04. The summed E-state index contributed by atoms with van der Waals surface area (Å²) in [5, 5.41) is 3.49. The molecule has 0 atom stereocenters. The Labute approximate surface area is 115 Å². The quantitative estimate of drug-likeness (QED) is 0.939. The fourth-order valence-electron chi connectivity index (χ4n) is 1.64. The Kier molecular flexibility index (Phi) is 3.32. The van der Waals surface area contributed by atoms with Gasteiger partial charge in [-0.05, 0) is 12.8 Å². The number of aromatic nitrogens is 2. The normalized spacial score (nSPS) is 15.9. The summed E-state index contributed by atoms with van der Waals surface area (Å²) in [5.41, 5.74) is 0.820. The molecule has 2 aromatic heterocycles. The third-order valence-electron chi connectivity index (χ3n) is 2.74. The molecule has 2 aromatic rings. The molecule has 102 valence electrons. The van der Waals surface area contributed by atoms with Gasteiger partial charge in [0.15, 0.2) is 5.69 Å². The highest BCUT2D eigenvalue weighted by Crippen LogP contribution is 2.38. The second-order valence-corrected chi connectivity index (χ2v) is 6.28. The highest BCUT2D eigenvalue weighted by Gasteiger charge is 2.38. The summed E-state index contributed by atoms with van der Waals surface area (Å²) in [5.74, 6) is 0. The van der Waals surface area contributed by atoms with E-state index in [1.54, 1.807) is 11.7 Å². The first-order valence-corrected chi connectivity index (χ1v) is 7.43. The van der Waals surface area contributed by atoms with Crippen molar-refractivity contribution in [3.63, 3.8) is 0 Å². The first kappa shape index (κ1) is 13.0. The predicted octanol–water partition coefficient (Wildman–Crippen LogP) is 3.54. The van der Waals surface area contributed by atoms with Gasteiger partial charge in [0.2, 0.25) is 0 Å². The van der Waals surface area contributed by atoms with Gasteiger partial charge >= 0.3 is 6.18 Å². The maximum atomic E-state index is 12.9. The largest absolute Gasteiger partial charge is 0.434 e. The highest BCUT2D eigenvalue weighted by molar-refractivity contribution is 7.20. The van der Waals surface area contributed by atoms with E-state index >= 15 is 0 Å². The van der Waals surface area contributed by atoms with Crippen LogP contribution in [0.15, 0.2) is 11.7 Å². The zero-order chi connectivity index (χ0) is 13.5. The Morgan fingerprint density at radius 3 is 2.74 bits per heavy atom. The van der Waals surface area contributed by atoms with Crippen LogP contribution in [0.2, 0.25) is 0 Å². The summed E-state index contributed by atoms with van der Waals surface area (Å²) in [4.78, 5) is 8.55. The lowest BCUT2D eigenvalue weighted by atomic mass is 10.3. The van der Waals surface area contributed by atoms with Gasteiger partial charge in [-0.2, -0.15) is 13.2 Å². The number of halogens is 3. The van der Waals surface area contributed by atoms with E-state index in [-0.39, 0.29) is 11.4 Å². The van der Waals surface area contributed by atoms with Crippen LogP contribution in [0.5, 0.6) is 0 Å². The van der Waals surface area contributed by atoms with Crippen LogP contribution >= 0.6 is 22.7 Å². The number of nitrogens with one attached hydrogen (secondary N) is 1. The van der Waals surface area contributed by atoms with Crippen molar-refractivity contribution < 1.29 is 13.2 Å². The maximum absolute atomic E-state index is 12.9. The Balaban J connectivity index is 1.90. The third kappa shape index (κ3) is 2.96. The summed E-state index contributed by atoms with van der Waals surface area (Å²) in [6, 6.07) is 0.370. The fraction of sp³-hybridized carbons (Fsp3) is 0.455. The molecular weight excluding hydrogens is 295 g/mol. The standard InChI is InChI=1S/C11H10F3N3S2/c12-11(13,14)9-7(4-16-6-1-2-6)19-10(17-9)8-3-15-5-18-8/h3,5-6,16H,1-2,4H2. The van der Waals surface area contributed by atoms with Gasteiger partial charge in [0.05, 0.1) is 15.3 Å². The van der Waals surface area contributed by atoms with Crippen molar-refractivity contribution in [2.45, 2.75) is 31.6 Å². The lowest BCUT2D eigenvalue weighted by Crippen LogP contribution is -2.18. The molecule has 1 fully saturated rings. The van der Waals surface area contributed by atoms with Crippen molar-refractivity contribution in [1.82, 2.24) is 15.3 Å². The van der Waals surface area contributed by atoms with Crippen LogP contribution in [0.4, 0.5) is 13.2 Å². The molecule has 1 aliphatic carbocycles. The Bertz CT molecular complexity index is 558. The number of hydrogen-bond donors (Lipinski definition) is 1. The minimum atomic E-state index is -4.40. The summed E-state index contributed by atoms with van der Waals surface area (Å²) < 4.78 is 38.8. The second kappa shape index (κ2) is 4.84. The van der Waals surface area contributed by atoms with Gasteiger partial charge in [-0.25, -0.2) is 4.98 Å². The number of alkyl halides is 3. The molecular formula is C11H10F3N3S2. The molecule has 1 aliphatic rings. The van der Waals surface area contributed by atoms with Gasteiger partial charge in [-0.15, -0.1) is 22.7 Å². The number of thiazole rings is 2. The van der Waals surface area contributed by atoms with E-state index < -0.39 is 11.9 Å². The minimum Gasteiger partial charge on any atom is -0.309 e. The Hall–Kier alpha value is -0.990. The summed E-state index contributed by atoms with van der Waals surface area (Å²) in [6.45, 7) is 0.232. The maximum Gasteiger partial charge on any atom is 0.434 e. The van der Waals surface area contributed by atoms with E-state index in [1.807, 2.05) is 0 Å². The monoisotopic (exact) mass is 305 g/mol. The molecule has 0 aliphatic heterocycles. The molecule has 0 radical (unpaired) electrons. The molecule has 19 heavy (non-hydrogen) atoms. The molecule has 1 saturated carbocycles. The van der Waals surface area contributed by atoms with Gasteiger partial charge in [0, 0.05) is 18.8 Å². The van der Waals surface area contributed by atoms with Crippen molar-refractivity contribution in [1.29, 1.82) is 0 Å². The second-order valence-electron chi connectivity index (χ2n) is 4.31. The van der Waals surface area contributed by atoms with Crippen molar-refractivity contribution in [2.24, 2.45) is 0 Å². The molecule has 0 amide bonds. The zero-order valence-corrected chi connectivity index (χ0v) is 11.3. The van der Waals surface area contributed by atoms with Gasteiger partial charge in [-0.3, -0.25) is 4.98 Å². The number of rotatable bonds is 4. The predicted molar refractivity (Wildman–Crippen MR) is 68.1 cm³/mol. The Morgan fingerprint density at radius 2 is 2.16 bits per heavy atom. The van der Waals surface area contributed by atoms with E-state index in [9.17, 15) is 13.2 Å². The molecule has 3 nitrogen and oxygen atoms in total. The molecule has 0 aromatic carbocycles. The van der Waals surface area contributed by atoms with Crippen LogP contribution in [0.25, 0.3) is 9.88 Å². The lowest BCUT2D eigenvalue weighted by molar-refractivity contribution is -0.141. The van der Waals surface area contributed by atoms with E-state index in [0.717, 1.165) is 24.2 Å². The van der Waals surface area contributed by atoms with Crippen LogP contribution in [-0.2, 0) is 12.7 Å². The van der Waals surface area contributed by atoms with Crippen molar-refractivity contribution in [3.8, 4) is 9.88 Å². The third-order valence-corrected chi connectivity index (χ3v) is 4.74. The van der Waals surface area contributed by atoms with Crippen molar-refractivity contribution in [2.75, 3.05) is 0 Å². The van der Waals surface area contributed by atoms with Crippen LogP contribution < -0.4 is 5.32 Å². The number of hydrogen-bond acceptors (Lipinski definition) is 5. The fourth-order valence-corrected chi connectivity index (χ4v) is 3.35. The lowest BCUT2D eigenvalue weighted by Gasteiger charge is -2.06. The molecule has 0 unspecified atom stereocenters. The average molecular weight is 305 g/mol. The molecule has 2 heterocycles. The molecule has 1 N–H and O–H groups in total. The summed E-state index contributed by atoms with van der Waals surface area (Å²) >= 11 is 2.39. The van der Waals surface area contributed by atoms with E-state index in [2.05, 4.69) is 15.3 Å². The van der Waals surface area contributed by atoms with E-state index in [1.165, 1.54) is 11.3 Å². The van der Waals surface area contributed by atoms with Crippen LogP contribution in [0.1, 0.15) is 23.4 Å². The molecule has 8 heteroatoms. The van der Waals surface area contributed by atoms with Crippen molar-refractivity contribution in [3.05, 3.63) is 22.3 Å². The van der Waals surface area contributed by atoms with Crippen LogP contribution in [0.3, 0.4) is 0 Å². The molecule has 3 rings (SSSR count). The van der Waals surface area contributed by atoms with Gasteiger partial charge in [-0.1, -0.05) is 0 Å². The topological polar surface area (TPSA) is 37.8 Å². The molecule has 0 spiro atoms. The number of nitrogens with zero attached hydrogens (tertiary/aromatic N) is 2. The Morgan fingerprint density at radius 1 is 1.37 bits per heavy atom. The van der Waals surface area contributed by atoms with Crippen LogP contribution in [-0.4, -0.2) is 16.0 Å². The average Bonchev–Trinajstić information content (AvgIpc) is 2.87. The first-order valence-electron chi connectivity index (χ1n) is 5.73. The molecule has 0 saturated heterocycles. The van der Waals surface area contributed by atoms with E-state index in [0.29, 0.717) is 15.9 Å². The summed E-state index contributed by atoms with van der Waals surface area (Å²) in [6.07, 6.45) is -0.772. The molecule has 0 bridgehead atoms. The minimum absolute atomic E-state index is 0.232. The smallest absolute Gasteiger partial charge is 0.309 e. The van der Waals surface area contributed by atoms with Crippen LogP contribution in [0, 0.1) is 0 Å². The van der Waals surface area contributed by atoms with Gasteiger partial charge < -0.3 is 5.32 Å². The summed E-state index contributed by atoms with van der Waals surface area (Å²) in [7, 11) is 0. The van der Waals surface area contributed by atoms with Gasteiger partial charge in [0.1, 0.15) is 5.01 Å². The van der Waals surface area contributed by atoms with Crippen molar-refractivity contribution >= 4 is 22.7 Å². The highest BCUT2D eigenvalue weighted by atomic mass is 32.1.